The number of nitrogens with one attached hydrogen (secondary N) is 2. The summed E-state index contributed by atoms with van der Waals surface area (Å²) in [5, 5.41) is 7.56. The van der Waals surface area contributed by atoms with Gasteiger partial charge < -0.3 is 15.5 Å². The lowest BCUT2D eigenvalue weighted by molar-refractivity contribution is -0.129. The van der Waals surface area contributed by atoms with Crippen molar-refractivity contribution in [2.45, 2.75) is 45.6 Å². The number of hydrogen-bond donors (Lipinski definition) is 2. The fraction of sp³-hybridized carbons (Fsp3) is 0.579. The van der Waals surface area contributed by atoms with E-state index in [2.05, 4.69) is 28.6 Å². The zero-order valence-corrected chi connectivity index (χ0v) is 16.0. The first-order valence-corrected chi connectivity index (χ1v) is 9.57. The van der Waals surface area contributed by atoms with Gasteiger partial charge in [0.05, 0.1) is 0 Å². The zero-order chi connectivity index (χ0) is 18.1. The molecule has 1 heterocycles. The number of hydrogen-bond acceptors (Lipinski definition) is 2. The smallest absolute Gasteiger partial charge is 0.222 e. The molecule has 2 rings (SSSR count). The van der Waals surface area contributed by atoms with Crippen molar-refractivity contribution in [1.29, 1.82) is 0 Å². The average molecular weight is 365 g/mol. The number of amides is 1. The zero-order valence-electron chi connectivity index (χ0n) is 15.2. The normalized spacial score (nSPS) is 17.6. The molecule has 1 amide bonds. The molecule has 0 aromatic heterocycles. The highest BCUT2D eigenvalue weighted by Gasteiger charge is 2.25. The van der Waals surface area contributed by atoms with Gasteiger partial charge in [-0.2, -0.15) is 0 Å². The molecule has 1 saturated heterocycles. The second kappa shape index (κ2) is 10.3. The van der Waals surface area contributed by atoms with Crippen LogP contribution in [-0.2, 0) is 11.2 Å². The number of aliphatic imine (C=N–C) groups is 1. The summed E-state index contributed by atoms with van der Waals surface area (Å²) in [5.41, 5.74) is 1.17. The molecule has 0 radical (unpaired) electrons. The third-order valence-electron chi connectivity index (χ3n) is 4.36. The second-order valence-corrected chi connectivity index (χ2v) is 6.69. The molecule has 1 unspecified atom stereocenters. The van der Waals surface area contributed by atoms with E-state index >= 15 is 0 Å². The second-order valence-electron chi connectivity index (χ2n) is 6.28. The lowest BCUT2D eigenvalue weighted by Crippen LogP contribution is -2.45. The first kappa shape index (κ1) is 19.6. The molecule has 0 aliphatic carbocycles. The Morgan fingerprint density at radius 3 is 2.88 bits per heavy atom. The molecule has 1 atom stereocenters. The van der Waals surface area contributed by atoms with Crippen LogP contribution in [0.25, 0.3) is 0 Å². The summed E-state index contributed by atoms with van der Waals surface area (Å²) < 4.78 is 0. The third kappa shape index (κ3) is 6.24. The molecule has 1 aliphatic heterocycles. The van der Waals surface area contributed by atoms with Crippen LogP contribution in [0.5, 0.6) is 0 Å². The van der Waals surface area contributed by atoms with Crippen molar-refractivity contribution < 1.29 is 4.79 Å². The molecule has 1 aliphatic rings. The Morgan fingerprint density at radius 2 is 2.16 bits per heavy atom. The van der Waals surface area contributed by atoms with E-state index in [1.807, 2.05) is 30.0 Å². The van der Waals surface area contributed by atoms with Crippen LogP contribution in [0, 0.1) is 0 Å². The fourth-order valence-corrected chi connectivity index (χ4v) is 3.23. The summed E-state index contributed by atoms with van der Waals surface area (Å²) in [5.74, 6) is 1.06. The standard InChI is InChI=1S/C19H29ClN4O/c1-3-18(25)24-13-11-16(14-24)23-19(21-4-2)22-12-7-9-15-8-5-6-10-17(15)20/h5-6,8,10,16H,3-4,7,9,11-14H2,1-2H3,(H2,21,22,23). The van der Waals surface area contributed by atoms with Crippen LogP contribution in [0.2, 0.25) is 5.02 Å². The molecule has 0 bridgehead atoms. The molecule has 25 heavy (non-hydrogen) atoms. The number of nitrogens with zero attached hydrogens (tertiary/aromatic N) is 2. The van der Waals surface area contributed by atoms with Gasteiger partial charge in [0.25, 0.3) is 0 Å². The van der Waals surface area contributed by atoms with Crippen LogP contribution in [0.4, 0.5) is 0 Å². The molecule has 1 fully saturated rings. The number of carbonyl (C=O) groups excluding carboxylic acids is 1. The SMILES string of the molecule is CCNC(=NCCCc1ccccc1Cl)NC1CCN(C(=O)CC)C1. The Labute approximate surface area is 155 Å². The lowest BCUT2D eigenvalue weighted by Gasteiger charge is -2.18. The van der Waals surface area contributed by atoms with Crippen molar-refractivity contribution in [2.75, 3.05) is 26.2 Å². The molecule has 6 heteroatoms. The highest BCUT2D eigenvalue weighted by atomic mass is 35.5. The van der Waals surface area contributed by atoms with Crippen LogP contribution in [0.1, 0.15) is 38.7 Å². The third-order valence-corrected chi connectivity index (χ3v) is 4.73. The van der Waals surface area contributed by atoms with Gasteiger partial charge in [0.2, 0.25) is 5.91 Å². The van der Waals surface area contributed by atoms with Crippen molar-refractivity contribution >= 4 is 23.5 Å². The Balaban J connectivity index is 1.80. The maximum atomic E-state index is 11.8. The van der Waals surface area contributed by atoms with E-state index in [4.69, 9.17) is 11.6 Å². The first-order chi connectivity index (χ1) is 12.1. The number of halogens is 1. The van der Waals surface area contributed by atoms with E-state index in [9.17, 15) is 4.79 Å². The number of benzene rings is 1. The van der Waals surface area contributed by atoms with Gasteiger partial charge in [-0.05, 0) is 37.8 Å². The average Bonchev–Trinajstić information content (AvgIpc) is 3.08. The van der Waals surface area contributed by atoms with E-state index in [0.29, 0.717) is 6.42 Å². The lowest BCUT2D eigenvalue weighted by atomic mass is 10.1. The number of guanidine groups is 1. The quantitative estimate of drug-likeness (QED) is 0.444. The minimum Gasteiger partial charge on any atom is -0.357 e. The molecular weight excluding hydrogens is 336 g/mol. The van der Waals surface area contributed by atoms with Crippen molar-refractivity contribution in [3.05, 3.63) is 34.9 Å². The highest BCUT2D eigenvalue weighted by molar-refractivity contribution is 6.31. The monoisotopic (exact) mass is 364 g/mol. The van der Waals surface area contributed by atoms with Crippen LogP contribution in [0.3, 0.4) is 0 Å². The maximum absolute atomic E-state index is 11.8. The van der Waals surface area contributed by atoms with Crippen LogP contribution >= 0.6 is 11.6 Å². The van der Waals surface area contributed by atoms with E-state index in [-0.39, 0.29) is 11.9 Å². The van der Waals surface area contributed by atoms with Crippen molar-refractivity contribution in [3.63, 3.8) is 0 Å². The van der Waals surface area contributed by atoms with Crippen molar-refractivity contribution in [2.24, 2.45) is 4.99 Å². The van der Waals surface area contributed by atoms with E-state index < -0.39 is 0 Å². The number of likely N-dealkylation sites (tertiary alicyclic amines) is 1. The van der Waals surface area contributed by atoms with Gasteiger partial charge in [-0.25, -0.2) is 0 Å². The van der Waals surface area contributed by atoms with Gasteiger partial charge in [-0.1, -0.05) is 36.7 Å². The Kier molecular flexibility index (Phi) is 8.06. The summed E-state index contributed by atoms with van der Waals surface area (Å²) in [6, 6.07) is 8.23. The summed E-state index contributed by atoms with van der Waals surface area (Å²) >= 11 is 6.19. The van der Waals surface area contributed by atoms with Crippen LogP contribution < -0.4 is 10.6 Å². The van der Waals surface area contributed by atoms with E-state index in [1.54, 1.807) is 0 Å². The summed E-state index contributed by atoms with van der Waals surface area (Å²) in [6.07, 6.45) is 3.41. The molecule has 1 aromatic rings. The van der Waals surface area contributed by atoms with Gasteiger partial charge in [-0.15, -0.1) is 0 Å². The predicted molar refractivity (Wildman–Crippen MR) is 104 cm³/mol. The van der Waals surface area contributed by atoms with Gasteiger partial charge >= 0.3 is 0 Å². The Bertz CT molecular complexity index is 591. The molecular formula is C19H29ClN4O. The highest BCUT2D eigenvalue weighted by Crippen LogP contribution is 2.16. The van der Waals surface area contributed by atoms with Gasteiger partial charge in [0.15, 0.2) is 5.96 Å². The molecule has 5 nitrogen and oxygen atoms in total. The topological polar surface area (TPSA) is 56.7 Å². The van der Waals surface area contributed by atoms with Gasteiger partial charge in [0.1, 0.15) is 0 Å². The number of aryl methyl sites for hydroxylation is 1. The minimum absolute atomic E-state index is 0.228. The van der Waals surface area contributed by atoms with Gasteiger partial charge in [-0.3, -0.25) is 9.79 Å². The van der Waals surface area contributed by atoms with Crippen molar-refractivity contribution in [1.82, 2.24) is 15.5 Å². The van der Waals surface area contributed by atoms with Crippen molar-refractivity contribution in [3.8, 4) is 0 Å². The van der Waals surface area contributed by atoms with Crippen LogP contribution in [-0.4, -0.2) is 49.0 Å². The molecule has 0 saturated carbocycles. The summed E-state index contributed by atoms with van der Waals surface area (Å²) in [7, 11) is 0. The Hall–Kier alpha value is -1.75. The van der Waals surface area contributed by atoms with Gasteiger partial charge in [0, 0.05) is 43.7 Å². The minimum atomic E-state index is 0.228. The number of carbonyl (C=O) groups is 1. The summed E-state index contributed by atoms with van der Waals surface area (Å²) in [6.45, 7) is 7.12. The largest absolute Gasteiger partial charge is 0.357 e. The number of rotatable bonds is 7. The predicted octanol–water partition coefficient (Wildman–Crippen LogP) is 2.84. The maximum Gasteiger partial charge on any atom is 0.222 e. The molecule has 1 aromatic carbocycles. The van der Waals surface area contributed by atoms with E-state index in [0.717, 1.165) is 56.4 Å². The fourth-order valence-electron chi connectivity index (χ4n) is 3.00. The molecule has 138 valence electrons. The Morgan fingerprint density at radius 1 is 1.36 bits per heavy atom. The van der Waals surface area contributed by atoms with E-state index in [1.165, 1.54) is 5.56 Å². The molecule has 0 spiro atoms. The first-order valence-electron chi connectivity index (χ1n) is 9.20. The van der Waals surface area contributed by atoms with Crippen LogP contribution in [0.15, 0.2) is 29.3 Å². The summed E-state index contributed by atoms with van der Waals surface area (Å²) in [4.78, 5) is 18.4. The molecule has 2 N–H and O–H groups in total.